The van der Waals surface area contributed by atoms with Gasteiger partial charge >= 0.3 is 0 Å². The molecule has 2 aromatic heterocycles. The van der Waals surface area contributed by atoms with Gasteiger partial charge in [-0.05, 0) is 17.5 Å². The van der Waals surface area contributed by atoms with Gasteiger partial charge in [0.1, 0.15) is 24.1 Å². The van der Waals surface area contributed by atoms with Crippen LogP contribution in [-0.4, -0.2) is 78.0 Å². The number of imidazole rings is 1. The molecule has 180 valence electrons. The highest BCUT2D eigenvalue weighted by atomic mass is 32.2. The summed E-state index contributed by atoms with van der Waals surface area (Å²) in [5.41, 5.74) is 9.11. The van der Waals surface area contributed by atoms with Crippen molar-refractivity contribution in [1.29, 1.82) is 0 Å². The third kappa shape index (κ3) is 4.46. The molecule has 1 saturated heterocycles. The molecule has 0 bridgehead atoms. The molecule has 1 aromatic carbocycles. The highest BCUT2D eigenvalue weighted by Crippen LogP contribution is 2.33. The van der Waals surface area contributed by atoms with E-state index in [4.69, 9.17) is 10.5 Å². The lowest BCUT2D eigenvalue weighted by Gasteiger charge is -2.25. The number of amides is 1. The molecule has 1 amide bonds. The lowest BCUT2D eigenvalue weighted by atomic mass is 9.95. The van der Waals surface area contributed by atoms with Crippen molar-refractivity contribution in [3.05, 3.63) is 48.0 Å². The molecule has 34 heavy (non-hydrogen) atoms. The van der Waals surface area contributed by atoms with Crippen LogP contribution in [0.4, 0.5) is 5.82 Å². The van der Waals surface area contributed by atoms with Gasteiger partial charge in [0.15, 0.2) is 17.7 Å². The van der Waals surface area contributed by atoms with E-state index in [0.717, 1.165) is 0 Å². The second kappa shape index (κ2) is 9.84. The number of aliphatic hydroxyl groups is 2. The molecule has 0 aliphatic carbocycles. The van der Waals surface area contributed by atoms with Crippen LogP contribution in [0.2, 0.25) is 0 Å². The fraction of sp³-hybridized carbons (Fsp3) is 0.455. The van der Waals surface area contributed by atoms with Crippen molar-refractivity contribution in [1.82, 2.24) is 30.2 Å². The van der Waals surface area contributed by atoms with Gasteiger partial charge in [-0.1, -0.05) is 24.3 Å². The molecule has 2 aliphatic heterocycles. The van der Waals surface area contributed by atoms with Gasteiger partial charge in [0.25, 0.3) is 0 Å². The summed E-state index contributed by atoms with van der Waals surface area (Å²) in [7, 11) is 0. The van der Waals surface area contributed by atoms with Crippen molar-refractivity contribution < 1.29 is 19.7 Å². The average Bonchev–Trinajstić information content (AvgIpc) is 3.40. The lowest BCUT2D eigenvalue weighted by molar-refractivity contribution is -0.123. The van der Waals surface area contributed by atoms with Crippen molar-refractivity contribution in [3.8, 4) is 0 Å². The summed E-state index contributed by atoms with van der Waals surface area (Å²) < 4.78 is 7.50. The molecule has 5 rings (SSSR count). The summed E-state index contributed by atoms with van der Waals surface area (Å²) in [6.45, 7) is 1.19. The summed E-state index contributed by atoms with van der Waals surface area (Å²) in [5, 5.41) is 27.3. The monoisotopic (exact) mass is 485 g/mol. The summed E-state index contributed by atoms with van der Waals surface area (Å²) in [6, 6.07) is 7.90. The van der Waals surface area contributed by atoms with Gasteiger partial charge < -0.3 is 31.3 Å². The molecule has 1 fully saturated rings. The van der Waals surface area contributed by atoms with E-state index in [-0.39, 0.29) is 17.8 Å². The van der Waals surface area contributed by atoms with Gasteiger partial charge in [-0.3, -0.25) is 9.36 Å². The molecule has 6 N–H and O–H groups in total. The Balaban J connectivity index is 1.09. The molecular weight excluding hydrogens is 458 g/mol. The maximum atomic E-state index is 12.5. The molecule has 12 heteroatoms. The first-order valence-electron chi connectivity index (χ1n) is 11.1. The van der Waals surface area contributed by atoms with Crippen LogP contribution in [0.5, 0.6) is 0 Å². The van der Waals surface area contributed by atoms with Gasteiger partial charge in [0.2, 0.25) is 5.91 Å². The minimum Gasteiger partial charge on any atom is -0.387 e. The van der Waals surface area contributed by atoms with Gasteiger partial charge in [0.05, 0.1) is 18.5 Å². The van der Waals surface area contributed by atoms with E-state index in [1.165, 1.54) is 35.5 Å². The molecule has 1 unspecified atom stereocenters. The standard InChI is InChI=1S/C22H27N7O4S/c23-19-16-20(27-10-26-19)29(11-28-16)22-18(31)17(30)15(33-22)9-34-6-5-24-21(32)14-7-12-3-1-2-4-13(12)8-25-14/h1-4,10-11,14-15,17-18,22,25,30-31H,5-9H2,(H,24,32)(H2,23,26,27)/t14?,15-,17-,18-,22-/m1/s1. The fourth-order valence-corrected chi connectivity index (χ4v) is 5.28. The van der Waals surface area contributed by atoms with E-state index < -0.39 is 24.5 Å². The molecule has 0 spiro atoms. The van der Waals surface area contributed by atoms with E-state index in [2.05, 4.69) is 37.7 Å². The van der Waals surface area contributed by atoms with Crippen LogP contribution in [0.3, 0.4) is 0 Å². The molecule has 4 heterocycles. The Kier molecular flexibility index (Phi) is 6.66. The number of nitrogen functional groups attached to an aromatic ring is 1. The number of rotatable bonds is 7. The Morgan fingerprint density at radius 2 is 2.06 bits per heavy atom. The summed E-state index contributed by atoms with van der Waals surface area (Å²) in [4.78, 5) is 24.8. The zero-order chi connectivity index (χ0) is 23.7. The number of nitrogens with one attached hydrogen (secondary N) is 2. The second-order valence-corrected chi connectivity index (χ2v) is 9.55. The smallest absolute Gasteiger partial charge is 0.237 e. The minimum atomic E-state index is -1.14. The first-order chi connectivity index (χ1) is 16.5. The number of aliphatic hydroxyl groups excluding tert-OH is 2. The second-order valence-electron chi connectivity index (χ2n) is 8.40. The third-order valence-corrected chi connectivity index (χ3v) is 7.28. The normalized spacial score (nSPS) is 26.5. The number of nitrogens with zero attached hydrogens (tertiary/aromatic N) is 4. The molecular formula is C22H27N7O4S. The van der Waals surface area contributed by atoms with Crippen LogP contribution >= 0.6 is 11.8 Å². The molecule has 2 aliphatic rings. The van der Waals surface area contributed by atoms with Crippen molar-refractivity contribution in [3.63, 3.8) is 0 Å². The van der Waals surface area contributed by atoms with Crippen molar-refractivity contribution in [2.45, 2.75) is 43.5 Å². The molecule has 0 saturated carbocycles. The van der Waals surface area contributed by atoms with E-state index in [9.17, 15) is 15.0 Å². The Morgan fingerprint density at radius 1 is 1.24 bits per heavy atom. The Morgan fingerprint density at radius 3 is 2.91 bits per heavy atom. The van der Waals surface area contributed by atoms with Crippen molar-refractivity contribution in [2.75, 3.05) is 23.8 Å². The van der Waals surface area contributed by atoms with E-state index in [1.54, 1.807) is 4.57 Å². The number of aromatic nitrogens is 4. The van der Waals surface area contributed by atoms with E-state index >= 15 is 0 Å². The Hall–Kier alpha value is -2.77. The fourth-order valence-electron chi connectivity index (χ4n) is 4.36. The van der Waals surface area contributed by atoms with Crippen molar-refractivity contribution >= 4 is 34.7 Å². The van der Waals surface area contributed by atoms with Gasteiger partial charge in [-0.15, -0.1) is 0 Å². The van der Waals surface area contributed by atoms with Crippen molar-refractivity contribution in [2.24, 2.45) is 0 Å². The molecule has 11 nitrogen and oxygen atoms in total. The Labute approximate surface area is 200 Å². The van der Waals surface area contributed by atoms with Gasteiger partial charge in [0, 0.05) is 24.6 Å². The highest BCUT2D eigenvalue weighted by molar-refractivity contribution is 7.99. The first kappa shape index (κ1) is 23.0. The largest absolute Gasteiger partial charge is 0.387 e. The molecule has 5 atom stereocenters. The number of ether oxygens (including phenoxy) is 1. The summed E-state index contributed by atoms with van der Waals surface area (Å²) in [6.07, 6.45) is -0.144. The maximum absolute atomic E-state index is 12.5. The first-order valence-corrected chi connectivity index (χ1v) is 12.3. The van der Waals surface area contributed by atoms with Crippen LogP contribution in [0, 0.1) is 0 Å². The Bertz CT molecular complexity index is 1180. The number of anilines is 1. The summed E-state index contributed by atoms with van der Waals surface area (Å²) in [5.74, 6) is 1.33. The lowest BCUT2D eigenvalue weighted by Crippen LogP contribution is -2.48. The number of carbonyl (C=O) groups is 1. The van der Waals surface area contributed by atoms with Gasteiger partial charge in [-0.2, -0.15) is 11.8 Å². The predicted molar refractivity (Wildman–Crippen MR) is 127 cm³/mol. The summed E-state index contributed by atoms with van der Waals surface area (Å²) >= 11 is 1.54. The van der Waals surface area contributed by atoms with Crippen LogP contribution < -0.4 is 16.4 Å². The molecule has 0 radical (unpaired) electrons. The number of hydrogen-bond acceptors (Lipinski definition) is 10. The third-order valence-electron chi connectivity index (χ3n) is 6.22. The number of hydrogen-bond donors (Lipinski definition) is 5. The number of fused-ring (bicyclic) bond motifs is 2. The van der Waals surface area contributed by atoms with Crippen LogP contribution in [0.1, 0.15) is 17.4 Å². The number of carbonyl (C=O) groups excluding carboxylic acids is 1. The quantitative estimate of drug-likeness (QED) is 0.278. The predicted octanol–water partition coefficient (Wildman–Crippen LogP) is -0.408. The molecule has 3 aromatic rings. The topological polar surface area (TPSA) is 160 Å². The van der Waals surface area contributed by atoms with Crippen LogP contribution in [0.25, 0.3) is 11.2 Å². The average molecular weight is 486 g/mol. The maximum Gasteiger partial charge on any atom is 0.237 e. The zero-order valence-electron chi connectivity index (χ0n) is 18.4. The number of nitrogens with two attached hydrogens (primary N) is 1. The van der Waals surface area contributed by atoms with Crippen LogP contribution in [-0.2, 0) is 22.5 Å². The van der Waals surface area contributed by atoms with E-state index in [1.807, 2.05) is 12.1 Å². The van der Waals surface area contributed by atoms with Crippen LogP contribution in [0.15, 0.2) is 36.9 Å². The minimum absolute atomic E-state index is 0.0176. The number of thioether (sulfide) groups is 1. The zero-order valence-corrected chi connectivity index (χ0v) is 19.2. The number of benzene rings is 1. The SMILES string of the molecule is Nc1ncnc2c1ncn2[C@@H]1O[C@H](CSCCNC(=O)C2Cc3ccccc3CN2)[C@@H](O)[C@H]1O. The highest BCUT2D eigenvalue weighted by Gasteiger charge is 2.44. The van der Waals surface area contributed by atoms with Gasteiger partial charge in [-0.25, -0.2) is 15.0 Å². The van der Waals surface area contributed by atoms with E-state index in [0.29, 0.717) is 42.2 Å².